The molecule has 0 spiro atoms. The van der Waals surface area contributed by atoms with Crippen molar-refractivity contribution in [3.63, 3.8) is 0 Å². The Bertz CT molecular complexity index is 1440. The lowest BCUT2D eigenvalue weighted by atomic mass is 9.33. The molecule has 0 aromatic carbocycles. The van der Waals surface area contributed by atoms with E-state index in [0.717, 1.165) is 32.4 Å². The highest BCUT2D eigenvalue weighted by atomic mass is 32.2. The SMILES string of the molecule is C=C(C)C1CCC2(NCCN3CCS(=O)(=O)CC3)CCC3(C)C(CCC4C5(C)CC=C(CCC(C)(C)CC(=O)O)C(C)(C)C5CCC43C)C12. The Labute approximate surface area is 299 Å². The molecule has 2 N–H and O–H groups in total. The zero-order valence-electron chi connectivity index (χ0n) is 32.4. The van der Waals surface area contributed by atoms with Gasteiger partial charge in [-0.25, -0.2) is 8.42 Å². The van der Waals surface area contributed by atoms with Crippen LogP contribution in [0.5, 0.6) is 0 Å². The smallest absolute Gasteiger partial charge is 0.303 e. The van der Waals surface area contributed by atoms with Gasteiger partial charge in [-0.05, 0) is 134 Å². The van der Waals surface area contributed by atoms with Gasteiger partial charge in [0, 0.05) is 31.7 Å². The topological polar surface area (TPSA) is 86.7 Å². The van der Waals surface area contributed by atoms with Gasteiger partial charge in [-0.2, -0.15) is 0 Å². The fraction of sp³-hybridized carbons (Fsp3) is 0.881. The van der Waals surface area contributed by atoms with Crippen molar-refractivity contribution in [2.75, 3.05) is 37.7 Å². The van der Waals surface area contributed by atoms with E-state index in [9.17, 15) is 18.3 Å². The summed E-state index contributed by atoms with van der Waals surface area (Å²) >= 11 is 0. The number of hydrogen-bond donors (Lipinski definition) is 2. The van der Waals surface area contributed by atoms with Gasteiger partial charge in [-0.1, -0.05) is 72.3 Å². The van der Waals surface area contributed by atoms with Crippen LogP contribution in [0.3, 0.4) is 0 Å². The predicted octanol–water partition coefficient (Wildman–Crippen LogP) is 8.53. The van der Waals surface area contributed by atoms with Crippen molar-refractivity contribution in [3.8, 4) is 0 Å². The highest BCUT2D eigenvalue weighted by Crippen LogP contribution is 2.76. The monoisotopic (exact) mass is 699 g/mol. The van der Waals surface area contributed by atoms with E-state index in [4.69, 9.17) is 0 Å². The van der Waals surface area contributed by atoms with Crippen molar-refractivity contribution >= 4 is 15.8 Å². The molecule has 278 valence electrons. The second kappa shape index (κ2) is 12.7. The number of hydrogen-bond acceptors (Lipinski definition) is 5. The molecule has 0 radical (unpaired) electrons. The third-order valence-corrected chi connectivity index (χ3v) is 18.5. The van der Waals surface area contributed by atoms with Crippen molar-refractivity contribution < 1.29 is 18.3 Å². The summed E-state index contributed by atoms with van der Waals surface area (Å²) in [5.41, 5.74) is 3.94. The average Bonchev–Trinajstić information content (AvgIpc) is 3.37. The van der Waals surface area contributed by atoms with Crippen LogP contribution in [0.15, 0.2) is 23.8 Å². The van der Waals surface area contributed by atoms with Gasteiger partial charge in [0.1, 0.15) is 0 Å². The molecule has 6 nitrogen and oxygen atoms in total. The molecule has 1 aliphatic heterocycles. The first kappa shape index (κ1) is 37.6. The zero-order chi connectivity index (χ0) is 35.8. The third kappa shape index (κ3) is 6.34. The zero-order valence-corrected chi connectivity index (χ0v) is 33.2. The van der Waals surface area contributed by atoms with Gasteiger partial charge in [0.25, 0.3) is 0 Å². The van der Waals surface area contributed by atoms with Crippen molar-refractivity contribution in [1.82, 2.24) is 10.2 Å². The molecule has 6 rings (SSSR count). The number of allylic oxidation sites excluding steroid dienone is 3. The molecule has 9 atom stereocenters. The number of carboxylic acids is 1. The van der Waals surface area contributed by atoms with E-state index in [1.807, 2.05) is 0 Å². The number of sulfone groups is 1. The molecule has 4 saturated carbocycles. The fourth-order valence-corrected chi connectivity index (χ4v) is 15.2. The van der Waals surface area contributed by atoms with E-state index in [0.29, 0.717) is 65.0 Å². The molecule has 0 amide bonds. The van der Waals surface area contributed by atoms with Crippen LogP contribution >= 0.6 is 0 Å². The summed E-state index contributed by atoms with van der Waals surface area (Å²) in [6.45, 7) is 27.5. The first-order valence-electron chi connectivity index (χ1n) is 19.9. The molecule has 6 aliphatic rings. The minimum atomic E-state index is -2.86. The lowest BCUT2D eigenvalue weighted by Crippen LogP contribution is -2.68. The summed E-state index contributed by atoms with van der Waals surface area (Å²) < 4.78 is 24.0. The third-order valence-electron chi connectivity index (χ3n) is 16.9. The van der Waals surface area contributed by atoms with Crippen LogP contribution in [0.25, 0.3) is 0 Å². The van der Waals surface area contributed by atoms with Gasteiger partial charge in [0.15, 0.2) is 9.84 Å². The van der Waals surface area contributed by atoms with E-state index in [1.165, 1.54) is 56.9 Å². The average molecular weight is 699 g/mol. The van der Waals surface area contributed by atoms with Crippen LogP contribution in [-0.2, 0) is 14.6 Å². The first-order valence-corrected chi connectivity index (χ1v) is 21.8. The molecule has 49 heavy (non-hydrogen) atoms. The maximum absolute atomic E-state index is 12.0. The largest absolute Gasteiger partial charge is 0.481 e. The lowest BCUT2D eigenvalue weighted by Gasteiger charge is -2.72. The Morgan fingerprint density at radius 2 is 1.67 bits per heavy atom. The summed E-state index contributed by atoms with van der Waals surface area (Å²) in [5.74, 6) is 3.18. The van der Waals surface area contributed by atoms with E-state index < -0.39 is 15.8 Å². The summed E-state index contributed by atoms with van der Waals surface area (Å²) in [6, 6.07) is 0. The molecule has 9 unspecified atom stereocenters. The number of nitrogens with one attached hydrogen (secondary N) is 1. The molecule has 5 fully saturated rings. The van der Waals surface area contributed by atoms with Crippen molar-refractivity contribution in [1.29, 1.82) is 0 Å². The van der Waals surface area contributed by atoms with Crippen molar-refractivity contribution in [2.24, 2.45) is 56.7 Å². The Hall–Kier alpha value is -1.18. The van der Waals surface area contributed by atoms with Gasteiger partial charge in [-0.15, -0.1) is 0 Å². The molecule has 0 aromatic rings. The number of carboxylic acid groups (broad SMARTS) is 1. The van der Waals surface area contributed by atoms with E-state index >= 15 is 0 Å². The minimum absolute atomic E-state index is 0.131. The fourth-order valence-electron chi connectivity index (χ4n) is 13.9. The number of fused-ring (bicyclic) bond motifs is 7. The van der Waals surface area contributed by atoms with E-state index in [-0.39, 0.29) is 28.2 Å². The van der Waals surface area contributed by atoms with Crippen LogP contribution < -0.4 is 5.32 Å². The lowest BCUT2D eigenvalue weighted by molar-refractivity contribution is -0.221. The molecular formula is C42H70N2O4S. The second-order valence-corrected chi connectivity index (χ2v) is 22.5. The van der Waals surface area contributed by atoms with Crippen molar-refractivity contribution in [2.45, 2.75) is 138 Å². The summed E-state index contributed by atoms with van der Waals surface area (Å²) in [4.78, 5) is 13.9. The predicted molar refractivity (Wildman–Crippen MR) is 201 cm³/mol. The Balaban J connectivity index is 1.22. The summed E-state index contributed by atoms with van der Waals surface area (Å²) in [7, 11) is -2.86. The quantitative estimate of drug-likeness (QED) is 0.223. The molecular weight excluding hydrogens is 629 g/mol. The normalized spacial score (nSPS) is 43.0. The molecule has 0 bridgehead atoms. The first-order chi connectivity index (χ1) is 22.7. The Morgan fingerprint density at radius 1 is 0.980 bits per heavy atom. The number of rotatable bonds is 10. The van der Waals surface area contributed by atoms with Crippen LogP contribution in [-0.4, -0.2) is 67.6 Å². The van der Waals surface area contributed by atoms with E-state index in [2.05, 4.69) is 78.3 Å². The van der Waals surface area contributed by atoms with Gasteiger partial charge >= 0.3 is 5.97 Å². The van der Waals surface area contributed by atoms with Gasteiger partial charge in [0.2, 0.25) is 0 Å². The van der Waals surface area contributed by atoms with Gasteiger partial charge in [0.05, 0.1) is 17.9 Å². The van der Waals surface area contributed by atoms with Gasteiger partial charge in [-0.3, -0.25) is 4.79 Å². The van der Waals surface area contributed by atoms with Crippen molar-refractivity contribution in [3.05, 3.63) is 23.8 Å². The standard InChI is InChI=1S/C42H70N2O4S/c1-29(2)31-14-19-42(43-22-23-44-24-26-49(47,48)27-25-44)21-20-40(8)32(36(31)42)10-11-34-39(7)17-13-30(12-16-37(3,4)28-35(45)46)38(5,6)33(39)15-18-41(34,40)9/h13,31-34,36,43H,1,10-12,14-28H2,2-9H3,(H,45,46). The summed E-state index contributed by atoms with van der Waals surface area (Å²) in [6.07, 6.45) is 16.2. The summed E-state index contributed by atoms with van der Waals surface area (Å²) in [5, 5.41) is 13.7. The number of aliphatic carboxylic acids is 1. The van der Waals surface area contributed by atoms with Crippen LogP contribution in [0.1, 0.15) is 132 Å². The molecule has 1 heterocycles. The van der Waals surface area contributed by atoms with Crippen LogP contribution in [0.4, 0.5) is 0 Å². The molecule has 1 saturated heterocycles. The van der Waals surface area contributed by atoms with Crippen LogP contribution in [0, 0.1) is 56.7 Å². The molecule has 0 aromatic heterocycles. The number of carbonyl (C=O) groups is 1. The van der Waals surface area contributed by atoms with E-state index in [1.54, 1.807) is 5.57 Å². The number of nitrogens with zero attached hydrogens (tertiary/aromatic N) is 1. The Morgan fingerprint density at radius 3 is 2.33 bits per heavy atom. The maximum atomic E-state index is 12.0. The second-order valence-electron chi connectivity index (χ2n) is 20.2. The molecule has 7 heteroatoms. The highest BCUT2D eigenvalue weighted by molar-refractivity contribution is 7.91. The molecule has 5 aliphatic carbocycles. The Kier molecular flexibility index (Phi) is 9.77. The van der Waals surface area contributed by atoms with Crippen LogP contribution in [0.2, 0.25) is 0 Å². The maximum Gasteiger partial charge on any atom is 0.303 e. The van der Waals surface area contributed by atoms with Gasteiger partial charge < -0.3 is 15.3 Å². The minimum Gasteiger partial charge on any atom is -0.481 e. The highest BCUT2D eigenvalue weighted by Gasteiger charge is 2.70.